The maximum atomic E-state index is 10.9. The number of hydrogen-bond donors (Lipinski definition) is 1. The SMILES string of the molecule is CCc1c(OC)cc(Cl)cc1C(=O)O. The highest BCUT2D eigenvalue weighted by Crippen LogP contribution is 2.27. The molecule has 0 fully saturated rings. The van der Waals surface area contributed by atoms with Gasteiger partial charge < -0.3 is 9.84 Å². The van der Waals surface area contributed by atoms with Crippen LogP contribution in [0.5, 0.6) is 5.75 Å². The fourth-order valence-corrected chi connectivity index (χ4v) is 1.56. The fourth-order valence-electron chi connectivity index (χ4n) is 1.35. The van der Waals surface area contributed by atoms with Gasteiger partial charge in [-0.3, -0.25) is 0 Å². The van der Waals surface area contributed by atoms with Crippen LogP contribution in [0.4, 0.5) is 0 Å². The fraction of sp³-hybridized carbons (Fsp3) is 0.300. The molecule has 0 aliphatic rings. The number of aromatic carboxylic acids is 1. The number of carboxylic acid groups (broad SMARTS) is 1. The Morgan fingerprint density at radius 2 is 2.21 bits per heavy atom. The summed E-state index contributed by atoms with van der Waals surface area (Å²) < 4.78 is 5.06. The topological polar surface area (TPSA) is 46.5 Å². The van der Waals surface area contributed by atoms with E-state index >= 15 is 0 Å². The van der Waals surface area contributed by atoms with Crippen molar-refractivity contribution in [2.45, 2.75) is 13.3 Å². The van der Waals surface area contributed by atoms with Crippen molar-refractivity contribution in [1.82, 2.24) is 0 Å². The third kappa shape index (κ3) is 1.99. The molecule has 0 aromatic heterocycles. The lowest BCUT2D eigenvalue weighted by molar-refractivity contribution is 0.0695. The Kier molecular flexibility index (Phi) is 3.36. The molecule has 1 N–H and O–H groups in total. The van der Waals surface area contributed by atoms with Crippen LogP contribution >= 0.6 is 11.6 Å². The number of carbonyl (C=O) groups is 1. The highest BCUT2D eigenvalue weighted by atomic mass is 35.5. The summed E-state index contributed by atoms with van der Waals surface area (Å²) in [6.07, 6.45) is 0.599. The van der Waals surface area contributed by atoms with Crippen LogP contribution in [0.1, 0.15) is 22.8 Å². The largest absolute Gasteiger partial charge is 0.496 e. The van der Waals surface area contributed by atoms with Crippen LogP contribution in [-0.2, 0) is 6.42 Å². The predicted molar refractivity (Wildman–Crippen MR) is 54.3 cm³/mol. The number of carboxylic acids is 1. The maximum absolute atomic E-state index is 10.9. The van der Waals surface area contributed by atoms with E-state index in [4.69, 9.17) is 21.4 Å². The van der Waals surface area contributed by atoms with Crippen LogP contribution in [-0.4, -0.2) is 18.2 Å². The molecule has 4 heteroatoms. The Bertz CT molecular complexity index is 361. The first-order valence-corrected chi connectivity index (χ1v) is 4.57. The van der Waals surface area contributed by atoms with E-state index in [9.17, 15) is 4.79 Å². The first-order valence-electron chi connectivity index (χ1n) is 4.19. The smallest absolute Gasteiger partial charge is 0.336 e. The second-order valence-electron chi connectivity index (χ2n) is 2.79. The van der Waals surface area contributed by atoms with Gasteiger partial charge in [-0.2, -0.15) is 0 Å². The molecule has 0 aliphatic carbocycles. The zero-order valence-corrected chi connectivity index (χ0v) is 8.76. The Labute approximate surface area is 87.3 Å². The lowest BCUT2D eigenvalue weighted by Gasteiger charge is -2.10. The van der Waals surface area contributed by atoms with Crippen molar-refractivity contribution in [2.75, 3.05) is 7.11 Å². The highest BCUT2D eigenvalue weighted by Gasteiger charge is 2.14. The summed E-state index contributed by atoms with van der Waals surface area (Å²) in [7, 11) is 1.50. The summed E-state index contributed by atoms with van der Waals surface area (Å²) in [6, 6.07) is 3.05. The van der Waals surface area contributed by atoms with E-state index in [1.165, 1.54) is 13.2 Å². The van der Waals surface area contributed by atoms with E-state index in [1.54, 1.807) is 6.07 Å². The lowest BCUT2D eigenvalue weighted by Crippen LogP contribution is -2.04. The number of benzene rings is 1. The average Bonchev–Trinajstić information content (AvgIpc) is 2.16. The first-order chi connectivity index (χ1) is 6.60. The standard InChI is InChI=1S/C10H11ClO3/c1-3-7-8(10(12)13)4-6(11)5-9(7)14-2/h4-5H,3H2,1-2H3,(H,12,13). The molecule has 1 aromatic carbocycles. The molecule has 0 heterocycles. The van der Waals surface area contributed by atoms with Gasteiger partial charge in [-0.05, 0) is 18.6 Å². The Morgan fingerprint density at radius 3 is 2.64 bits per heavy atom. The van der Waals surface area contributed by atoms with Crippen LogP contribution in [0.15, 0.2) is 12.1 Å². The molecule has 1 aromatic rings. The van der Waals surface area contributed by atoms with Crippen molar-refractivity contribution in [2.24, 2.45) is 0 Å². The zero-order chi connectivity index (χ0) is 10.7. The van der Waals surface area contributed by atoms with Gasteiger partial charge in [0.15, 0.2) is 0 Å². The summed E-state index contributed by atoms with van der Waals surface area (Å²) in [5.74, 6) is -0.458. The molecule has 0 saturated heterocycles. The number of rotatable bonds is 3. The monoisotopic (exact) mass is 214 g/mol. The summed E-state index contributed by atoms with van der Waals surface area (Å²) in [6.45, 7) is 1.87. The molecule has 0 unspecified atom stereocenters. The third-order valence-electron chi connectivity index (χ3n) is 1.98. The van der Waals surface area contributed by atoms with Crippen LogP contribution in [0, 0.1) is 0 Å². The van der Waals surface area contributed by atoms with E-state index in [2.05, 4.69) is 0 Å². The normalized spacial score (nSPS) is 9.93. The van der Waals surface area contributed by atoms with Gasteiger partial charge in [0.25, 0.3) is 0 Å². The van der Waals surface area contributed by atoms with Gasteiger partial charge in [0, 0.05) is 10.6 Å². The van der Waals surface area contributed by atoms with E-state index in [0.717, 1.165) is 0 Å². The van der Waals surface area contributed by atoms with Gasteiger partial charge in [-0.1, -0.05) is 18.5 Å². The molecule has 0 radical (unpaired) electrons. The van der Waals surface area contributed by atoms with Crippen molar-refractivity contribution in [3.8, 4) is 5.75 Å². The predicted octanol–water partition coefficient (Wildman–Crippen LogP) is 2.61. The molecule has 0 bridgehead atoms. The summed E-state index contributed by atoms with van der Waals surface area (Å²) >= 11 is 5.76. The number of methoxy groups -OCH3 is 1. The molecule has 0 amide bonds. The molecule has 3 nitrogen and oxygen atoms in total. The van der Waals surface area contributed by atoms with Crippen molar-refractivity contribution in [1.29, 1.82) is 0 Å². The zero-order valence-electron chi connectivity index (χ0n) is 8.00. The minimum Gasteiger partial charge on any atom is -0.496 e. The van der Waals surface area contributed by atoms with E-state index in [-0.39, 0.29) is 5.56 Å². The van der Waals surface area contributed by atoms with Crippen LogP contribution in [0.2, 0.25) is 5.02 Å². The van der Waals surface area contributed by atoms with Crippen molar-refractivity contribution in [3.05, 3.63) is 28.3 Å². The Morgan fingerprint density at radius 1 is 1.57 bits per heavy atom. The van der Waals surface area contributed by atoms with Crippen molar-refractivity contribution in [3.63, 3.8) is 0 Å². The van der Waals surface area contributed by atoms with E-state index < -0.39 is 5.97 Å². The molecule has 76 valence electrons. The second kappa shape index (κ2) is 4.33. The molecule has 0 saturated carbocycles. The molecule has 0 aliphatic heterocycles. The third-order valence-corrected chi connectivity index (χ3v) is 2.20. The summed E-state index contributed by atoms with van der Waals surface area (Å²) in [4.78, 5) is 10.9. The average molecular weight is 215 g/mol. The molecule has 0 atom stereocenters. The van der Waals surface area contributed by atoms with Crippen LogP contribution in [0.25, 0.3) is 0 Å². The Balaban J connectivity index is 3.39. The maximum Gasteiger partial charge on any atom is 0.336 e. The number of hydrogen-bond acceptors (Lipinski definition) is 2. The highest BCUT2D eigenvalue weighted by molar-refractivity contribution is 6.31. The number of ether oxygens (including phenoxy) is 1. The van der Waals surface area contributed by atoms with Crippen LogP contribution < -0.4 is 4.74 Å². The van der Waals surface area contributed by atoms with E-state index in [0.29, 0.717) is 22.8 Å². The van der Waals surface area contributed by atoms with E-state index in [1.807, 2.05) is 6.92 Å². The van der Waals surface area contributed by atoms with Gasteiger partial charge in [0.1, 0.15) is 5.75 Å². The molecule has 14 heavy (non-hydrogen) atoms. The van der Waals surface area contributed by atoms with Crippen molar-refractivity contribution >= 4 is 17.6 Å². The van der Waals surface area contributed by atoms with Gasteiger partial charge in [0.2, 0.25) is 0 Å². The van der Waals surface area contributed by atoms with Crippen LogP contribution in [0.3, 0.4) is 0 Å². The molecule has 1 rings (SSSR count). The van der Waals surface area contributed by atoms with Gasteiger partial charge in [0.05, 0.1) is 12.7 Å². The van der Waals surface area contributed by atoms with Gasteiger partial charge >= 0.3 is 5.97 Å². The molecule has 0 spiro atoms. The summed E-state index contributed by atoms with van der Waals surface area (Å²) in [5.41, 5.74) is 0.876. The molecular formula is C10H11ClO3. The van der Waals surface area contributed by atoms with Gasteiger partial charge in [-0.15, -0.1) is 0 Å². The summed E-state index contributed by atoms with van der Waals surface area (Å²) in [5, 5.41) is 9.30. The Hall–Kier alpha value is -1.22. The first kappa shape index (κ1) is 10.9. The van der Waals surface area contributed by atoms with Gasteiger partial charge in [-0.25, -0.2) is 4.79 Å². The minimum absolute atomic E-state index is 0.205. The second-order valence-corrected chi connectivity index (χ2v) is 3.23. The minimum atomic E-state index is -0.984. The quantitative estimate of drug-likeness (QED) is 0.842. The number of halogens is 1. The lowest BCUT2D eigenvalue weighted by atomic mass is 10.0. The van der Waals surface area contributed by atoms with Crippen molar-refractivity contribution < 1.29 is 14.6 Å². The molecular weight excluding hydrogens is 204 g/mol.